The molecule has 0 aliphatic heterocycles. The zero-order valence-corrected chi connectivity index (χ0v) is 27.0. The quantitative estimate of drug-likeness (QED) is 0.0940. The normalized spacial score (nSPS) is 11.1. The van der Waals surface area contributed by atoms with E-state index in [1.54, 1.807) is 19.1 Å². The molecule has 4 aromatic carbocycles. The number of esters is 1. The number of rotatable bonds is 15. The summed E-state index contributed by atoms with van der Waals surface area (Å²) in [6.45, 7) is 6.88. The van der Waals surface area contributed by atoms with E-state index in [9.17, 15) is 9.59 Å². The smallest absolute Gasteiger partial charge is 0.305 e. The SMILES string of the molecule is CCCc1ccc(C(c2ccc(CCC)cc2)n2cnc3cc(C(=O)Nc4ccccc4OCCCC(=O)OCC)ccc32)cc1. The molecule has 5 aromatic rings. The van der Waals surface area contributed by atoms with Crippen molar-refractivity contribution >= 4 is 28.6 Å². The van der Waals surface area contributed by atoms with Crippen molar-refractivity contribution in [1.82, 2.24) is 9.55 Å². The highest BCUT2D eigenvalue weighted by molar-refractivity contribution is 6.06. The van der Waals surface area contributed by atoms with E-state index in [1.807, 2.05) is 36.7 Å². The third kappa shape index (κ3) is 8.02. The highest BCUT2D eigenvalue weighted by atomic mass is 16.5. The fraction of sp³-hybridized carbons (Fsp3) is 0.308. The second-order valence-corrected chi connectivity index (χ2v) is 11.4. The van der Waals surface area contributed by atoms with Gasteiger partial charge in [0, 0.05) is 12.0 Å². The third-order valence-corrected chi connectivity index (χ3v) is 8.01. The van der Waals surface area contributed by atoms with Crippen LogP contribution in [-0.4, -0.2) is 34.6 Å². The van der Waals surface area contributed by atoms with Crippen molar-refractivity contribution in [1.29, 1.82) is 0 Å². The van der Waals surface area contributed by atoms with Crippen LogP contribution < -0.4 is 10.1 Å². The molecule has 46 heavy (non-hydrogen) atoms. The standard InChI is InChI=1S/C39H43N3O4/c1-4-10-28-15-19-30(20-16-28)38(31-21-17-29(11-5-2)18-22-31)42-27-40-34-26-32(23-24-35(34)42)39(44)41-33-12-7-8-13-36(33)46-25-9-14-37(43)45-6-3/h7-8,12-13,15-24,26-27,38H,4-6,9-11,14,25H2,1-3H3,(H,41,44). The molecule has 0 saturated carbocycles. The molecule has 0 unspecified atom stereocenters. The maximum absolute atomic E-state index is 13.4. The first-order valence-electron chi connectivity index (χ1n) is 16.3. The number of aromatic nitrogens is 2. The van der Waals surface area contributed by atoms with Gasteiger partial charge in [-0.05, 0) is 78.8 Å². The van der Waals surface area contributed by atoms with Gasteiger partial charge in [-0.25, -0.2) is 4.98 Å². The Kier molecular flexibility index (Phi) is 11.2. The zero-order valence-electron chi connectivity index (χ0n) is 27.0. The number of carbonyl (C=O) groups excluding carboxylic acids is 2. The van der Waals surface area contributed by atoms with Crippen molar-refractivity contribution in [3.63, 3.8) is 0 Å². The van der Waals surface area contributed by atoms with E-state index in [0.29, 0.717) is 36.6 Å². The molecule has 0 atom stereocenters. The number of fused-ring (bicyclic) bond motifs is 1. The number of carbonyl (C=O) groups is 2. The Labute approximate surface area is 271 Å². The third-order valence-electron chi connectivity index (χ3n) is 8.01. The van der Waals surface area contributed by atoms with Gasteiger partial charge in [-0.15, -0.1) is 0 Å². The van der Waals surface area contributed by atoms with Gasteiger partial charge in [0.2, 0.25) is 0 Å². The molecule has 7 nitrogen and oxygen atoms in total. The average molecular weight is 618 g/mol. The molecule has 0 saturated heterocycles. The van der Waals surface area contributed by atoms with Gasteiger partial charge >= 0.3 is 5.97 Å². The Bertz CT molecular complexity index is 1690. The molecule has 1 amide bonds. The summed E-state index contributed by atoms with van der Waals surface area (Å²) >= 11 is 0. The first-order valence-corrected chi connectivity index (χ1v) is 16.3. The van der Waals surface area contributed by atoms with Crippen molar-refractivity contribution in [2.45, 2.75) is 65.3 Å². The van der Waals surface area contributed by atoms with Crippen molar-refractivity contribution in [3.8, 4) is 5.75 Å². The number of benzene rings is 4. The Morgan fingerprint density at radius 1 is 0.826 bits per heavy atom. The summed E-state index contributed by atoms with van der Waals surface area (Å²) in [5.74, 6) is 0.0445. The van der Waals surface area contributed by atoms with E-state index in [2.05, 4.69) is 72.3 Å². The number of amides is 1. The lowest BCUT2D eigenvalue weighted by Gasteiger charge is -2.22. The minimum absolute atomic E-state index is 0.0658. The van der Waals surface area contributed by atoms with E-state index in [-0.39, 0.29) is 24.3 Å². The first kappa shape index (κ1) is 32.5. The van der Waals surface area contributed by atoms with Crippen LogP contribution in [0.1, 0.15) is 85.1 Å². The molecule has 0 radical (unpaired) electrons. The van der Waals surface area contributed by atoms with E-state index in [1.165, 1.54) is 22.3 Å². The van der Waals surface area contributed by atoms with E-state index < -0.39 is 0 Å². The second kappa shape index (κ2) is 15.9. The van der Waals surface area contributed by atoms with Crippen molar-refractivity contribution in [2.75, 3.05) is 18.5 Å². The minimum atomic E-state index is -0.256. The molecule has 0 bridgehead atoms. The van der Waals surface area contributed by atoms with Crippen molar-refractivity contribution in [2.24, 2.45) is 0 Å². The fourth-order valence-electron chi connectivity index (χ4n) is 5.73. The number of hydrogen-bond acceptors (Lipinski definition) is 5. The second-order valence-electron chi connectivity index (χ2n) is 11.4. The van der Waals surface area contributed by atoms with Crippen LogP contribution in [0.4, 0.5) is 5.69 Å². The van der Waals surface area contributed by atoms with Crippen LogP contribution in [0.3, 0.4) is 0 Å². The van der Waals surface area contributed by atoms with Gasteiger partial charge in [-0.1, -0.05) is 87.4 Å². The molecule has 238 valence electrons. The molecule has 1 N–H and O–H groups in total. The number of imidazole rings is 1. The Morgan fingerprint density at radius 2 is 1.48 bits per heavy atom. The molecule has 0 spiro atoms. The molecule has 1 aromatic heterocycles. The van der Waals surface area contributed by atoms with Gasteiger partial charge in [-0.3, -0.25) is 9.59 Å². The molecule has 5 rings (SSSR count). The molecule has 0 aliphatic rings. The van der Waals surface area contributed by atoms with Gasteiger partial charge in [-0.2, -0.15) is 0 Å². The first-order chi connectivity index (χ1) is 22.5. The van der Waals surface area contributed by atoms with Crippen LogP contribution in [0.5, 0.6) is 5.75 Å². The molecule has 7 heteroatoms. The predicted octanol–water partition coefficient (Wildman–Crippen LogP) is 8.55. The largest absolute Gasteiger partial charge is 0.491 e. The molecular weight excluding hydrogens is 574 g/mol. The predicted molar refractivity (Wildman–Crippen MR) is 184 cm³/mol. The monoisotopic (exact) mass is 617 g/mol. The highest BCUT2D eigenvalue weighted by Crippen LogP contribution is 2.32. The Balaban J connectivity index is 1.37. The maximum Gasteiger partial charge on any atom is 0.305 e. The molecule has 1 heterocycles. The van der Waals surface area contributed by atoms with Crippen LogP contribution in [0, 0.1) is 0 Å². The number of anilines is 1. The van der Waals surface area contributed by atoms with Gasteiger partial charge in [0.1, 0.15) is 5.75 Å². The summed E-state index contributed by atoms with van der Waals surface area (Å²) in [5.41, 5.74) is 7.78. The van der Waals surface area contributed by atoms with E-state index in [0.717, 1.165) is 36.7 Å². The van der Waals surface area contributed by atoms with Crippen molar-refractivity contribution in [3.05, 3.63) is 125 Å². The van der Waals surface area contributed by atoms with Gasteiger partial charge in [0.05, 0.1) is 42.3 Å². The lowest BCUT2D eigenvalue weighted by Crippen LogP contribution is -2.14. The minimum Gasteiger partial charge on any atom is -0.491 e. The van der Waals surface area contributed by atoms with Crippen LogP contribution in [-0.2, 0) is 22.4 Å². The van der Waals surface area contributed by atoms with Gasteiger partial charge < -0.3 is 19.4 Å². The Hall–Kier alpha value is -4.91. The van der Waals surface area contributed by atoms with Crippen LogP contribution >= 0.6 is 0 Å². The number of ether oxygens (including phenoxy) is 2. The zero-order chi connectivity index (χ0) is 32.3. The molecule has 0 aliphatic carbocycles. The lowest BCUT2D eigenvalue weighted by atomic mass is 9.95. The lowest BCUT2D eigenvalue weighted by molar-refractivity contribution is -0.143. The summed E-state index contributed by atoms with van der Waals surface area (Å²) in [6, 6.07) is 30.6. The number of nitrogens with one attached hydrogen (secondary N) is 1. The van der Waals surface area contributed by atoms with E-state index in [4.69, 9.17) is 14.5 Å². The fourth-order valence-corrected chi connectivity index (χ4v) is 5.73. The van der Waals surface area contributed by atoms with Gasteiger partial charge in [0.15, 0.2) is 0 Å². The summed E-state index contributed by atoms with van der Waals surface area (Å²) in [5, 5.41) is 2.98. The number of aryl methyl sites for hydroxylation is 2. The maximum atomic E-state index is 13.4. The summed E-state index contributed by atoms with van der Waals surface area (Å²) < 4.78 is 13.1. The van der Waals surface area contributed by atoms with Crippen LogP contribution in [0.15, 0.2) is 97.3 Å². The number of para-hydroxylation sites is 2. The molecular formula is C39H43N3O4. The number of hydrogen-bond donors (Lipinski definition) is 1. The average Bonchev–Trinajstić information content (AvgIpc) is 3.49. The summed E-state index contributed by atoms with van der Waals surface area (Å²) in [4.78, 5) is 29.8. The van der Waals surface area contributed by atoms with Gasteiger partial charge in [0.25, 0.3) is 5.91 Å². The Morgan fingerprint density at radius 3 is 2.11 bits per heavy atom. The summed E-state index contributed by atoms with van der Waals surface area (Å²) in [6.07, 6.45) is 7.01. The van der Waals surface area contributed by atoms with Crippen LogP contribution in [0.2, 0.25) is 0 Å². The van der Waals surface area contributed by atoms with Crippen LogP contribution in [0.25, 0.3) is 11.0 Å². The number of nitrogens with zero attached hydrogens (tertiary/aromatic N) is 2. The highest BCUT2D eigenvalue weighted by Gasteiger charge is 2.20. The van der Waals surface area contributed by atoms with E-state index >= 15 is 0 Å². The summed E-state index contributed by atoms with van der Waals surface area (Å²) in [7, 11) is 0. The molecule has 0 fully saturated rings. The van der Waals surface area contributed by atoms with Crippen molar-refractivity contribution < 1.29 is 19.1 Å². The topological polar surface area (TPSA) is 82.5 Å².